The van der Waals surface area contributed by atoms with Crippen molar-refractivity contribution in [2.45, 2.75) is 52.1 Å². The molecule has 3 atom stereocenters. The first-order valence-electron chi connectivity index (χ1n) is 8.34. The maximum Gasteiger partial charge on any atom is 0.126 e. The van der Waals surface area contributed by atoms with Gasteiger partial charge in [-0.05, 0) is 56.8 Å². The lowest BCUT2D eigenvalue weighted by atomic mass is 9.86. The van der Waals surface area contributed by atoms with Gasteiger partial charge in [-0.3, -0.25) is 4.90 Å². The maximum atomic E-state index is 13.7. The fourth-order valence-electron chi connectivity index (χ4n) is 3.34. The first kappa shape index (κ1) is 16.4. The van der Waals surface area contributed by atoms with Gasteiger partial charge in [-0.1, -0.05) is 32.0 Å². The van der Waals surface area contributed by atoms with Crippen molar-refractivity contribution < 1.29 is 4.39 Å². The summed E-state index contributed by atoms with van der Waals surface area (Å²) in [5.74, 6) is 0.573. The molecule has 21 heavy (non-hydrogen) atoms. The Hall–Kier alpha value is -0.930. The lowest BCUT2D eigenvalue weighted by molar-refractivity contribution is 0.0859. The van der Waals surface area contributed by atoms with Crippen molar-refractivity contribution in [2.75, 3.05) is 19.6 Å². The van der Waals surface area contributed by atoms with E-state index in [-0.39, 0.29) is 5.82 Å². The van der Waals surface area contributed by atoms with E-state index in [0.717, 1.165) is 31.6 Å². The van der Waals surface area contributed by atoms with Crippen LogP contribution < -0.4 is 5.32 Å². The molecule has 0 saturated carbocycles. The van der Waals surface area contributed by atoms with Crippen LogP contribution >= 0.6 is 0 Å². The average molecular weight is 292 g/mol. The molecule has 1 aromatic rings. The van der Waals surface area contributed by atoms with Crippen molar-refractivity contribution in [2.24, 2.45) is 5.92 Å². The summed E-state index contributed by atoms with van der Waals surface area (Å²) in [6.45, 7) is 10.0. The highest BCUT2D eigenvalue weighted by molar-refractivity contribution is 5.17. The quantitative estimate of drug-likeness (QED) is 0.863. The summed E-state index contributed by atoms with van der Waals surface area (Å²) in [6, 6.07) is 8.32. The molecule has 1 fully saturated rings. The Morgan fingerprint density at radius 1 is 1.29 bits per heavy atom. The molecular formula is C18H29FN2. The maximum absolute atomic E-state index is 13.7. The number of halogens is 1. The average Bonchev–Trinajstić information content (AvgIpc) is 2.49. The highest BCUT2D eigenvalue weighted by Crippen LogP contribution is 2.24. The minimum absolute atomic E-state index is 0.0716. The van der Waals surface area contributed by atoms with Crippen LogP contribution in [-0.4, -0.2) is 36.6 Å². The molecule has 1 saturated heterocycles. The number of piperidine rings is 1. The predicted octanol–water partition coefficient (Wildman–Crippen LogP) is 3.47. The number of likely N-dealkylation sites (tertiary alicyclic amines) is 1. The molecule has 1 aromatic carbocycles. The van der Waals surface area contributed by atoms with Crippen LogP contribution in [0.4, 0.5) is 4.39 Å². The third kappa shape index (κ3) is 4.27. The molecule has 0 spiro atoms. The van der Waals surface area contributed by atoms with E-state index in [1.807, 2.05) is 12.1 Å². The van der Waals surface area contributed by atoms with Crippen LogP contribution in [0, 0.1) is 11.7 Å². The van der Waals surface area contributed by atoms with Gasteiger partial charge < -0.3 is 5.32 Å². The fraction of sp³-hybridized carbons (Fsp3) is 0.667. The highest BCUT2D eigenvalue weighted by Gasteiger charge is 2.31. The largest absolute Gasteiger partial charge is 0.314 e. The summed E-state index contributed by atoms with van der Waals surface area (Å²) in [5.41, 5.74) is 0.837. The molecule has 0 aromatic heterocycles. The van der Waals surface area contributed by atoms with Gasteiger partial charge in [0.15, 0.2) is 0 Å². The summed E-state index contributed by atoms with van der Waals surface area (Å²) in [4.78, 5) is 2.52. The predicted molar refractivity (Wildman–Crippen MR) is 87.0 cm³/mol. The molecule has 0 radical (unpaired) electrons. The van der Waals surface area contributed by atoms with E-state index >= 15 is 0 Å². The van der Waals surface area contributed by atoms with Crippen molar-refractivity contribution in [1.29, 1.82) is 0 Å². The lowest BCUT2D eigenvalue weighted by Crippen LogP contribution is -2.53. The zero-order valence-electron chi connectivity index (χ0n) is 13.6. The molecule has 1 heterocycles. The monoisotopic (exact) mass is 292 g/mol. The second-order valence-corrected chi connectivity index (χ2v) is 6.33. The smallest absolute Gasteiger partial charge is 0.126 e. The number of nitrogens with one attached hydrogen (secondary N) is 1. The third-order valence-corrected chi connectivity index (χ3v) is 4.98. The summed E-state index contributed by atoms with van der Waals surface area (Å²) < 4.78 is 13.7. The summed E-state index contributed by atoms with van der Waals surface area (Å²) >= 11 is 0. The molecule has 3 unspecified atom stereocenters. The van der Waals surface area contributed by atoms with Crippen LogP contribution in [0.25, 0.3) is 0 Å². The van der Waals surface area contributed by atoms with E-state index in [1.54, 1.807) is 12.1 Å². The van der Waals surface area contributed by atoms with Crippen LogP contribution in [0.1, 0.15) is 39.2 Å². The molecule has 118 valence electrons. The zero-order valence-corrected chi connectivity index (χ0v) is 13.6. The van der Waals surface area contributed by atoms with Crippen LogP contribution in [0.2, 0.25) is 0 Å². The van der Waals surface area contributed by atoms with E-state index in [9.17, 15) is 4.39 Å². The number of rotatable bonds is 6. The Balaban J connectivity index is 1.86. The number of hydrogen-bond acceptors (Lipinski definition) is 2. The molecule has 0 aliphatic carbocycles. The van der Waals surface area contributed by atoms with E-state index in [2.05, 4.69) is 31.0 Å². The molecular weight excluding hydrogens is 263 g/mol. The minimum Gasteiger partial charge on any atom is -0.314 e. The second kappa shape index (κ2) is 7.90. The fourth-order valence-corrected chi connectivity index (χ4v) is 3.34. The SMILES string of the molecule is CCCNC1CCN(CCc2ccccc2F)C(C)C1C. The van der Waals surface area contributed by atoms with Gasteiger partial charge in [0.05, 0.1) is 0 Å². The molecule has 1 aliphatic heterocycles. The Bertz CT molecular complexity index is 435. The molecule has 0 amide bonds. The van der Waals surface area contributed by atoms with E-state index in [0.29, 0.717) is 18.0 Å². The van der Waals surface area contributed by atoms with Crippen LogP contribution in [0.5, 0.6) is 0 Å². The van der Waals surface area contributed by atoms with Gasteiger partial charge >= 0.3 is 0 Å². The third-order valence-electron chi connectivity index (χ3n) is 4.98. The molecule has 3 heteroatoms. The van der Waals surface area contributed by atoms with Crippen LogP contribution in [0.3, 0.4) is 0 Å². The number of hydrogen-bond donors (Lipinski definition) is 1. The second-order valence-electron chi connectivity index (χ2n) is 6.33. The molecule has 1 N–H and O–H groups in total. The van der Waals surface area contributed by atoms with Crippen LogP contribution in [-0.2, 0) is 6.42 Å². The van der Waals surface area contributed by atoms with E-state index < -0.39 is 0 Å². The van der Waals surface area contributed by atoms with Crippen molar-refractivity contribution in [3.05, 3.63) is 35.6 Å². The topological polar surface area (TPSA) is 15.3 Å². The van der Waals surface area contributed by atoms with E-state index in [4.69, 9.17) is 0 Å². The Kier molecular flexibility index (Phi) is 6.19. The standard InChI is InChI=1S/C18H29FN2/c1-4-11-20-18-10-13-21(15(3)14(18)2)12-9-16-7-5-6-8-17(16)19/h5-8,14-15,18,20H,4,9-13H2,1-3H3. The van der Waals surface area contributed by atoms with Crippen molar-refractivity contribution in [3.8, 4) is 0 Å². The summed E-state index contributed by atoms with van der Waals surface area (Å²) in [5, 5.41) is 3.67. The van der Waals surface area contributed by atoms with Gasteiger partial charge in [0, 0.05) is 18.6 Å². The Morgan fingerprint density at radius 2 is 2.05 bits per heavy atom. The first-order valence-corrected chi connectivity index (χ1v) is 8.34. The number of nitrogens with zero attached hydrogens (tertiary/aromatic N) is 1. The molecule has 1 aliphatic rings. The lowest BCUT2D eigenvalue weighted by Gasteiger charge is -2.43. The van der Waals surface area contributed by atoms with Gasteiger partial charge in [0.25, 0.3) is 0 Å². The number of benzene rings is 1. The highest BCUT2D eigenvalue weighted by atomic mass is 19.1. The zero-order chi connectivity index (χ0) is 15.2. The van der Waals surface area contributed by atoms with Gasteiger partial charge in [-0.25, -0.2) is 4.39 Å². The van der Waals surface area contributed by atoms with Crippen LogP contribution in [0.15, 0.2) is 24.3 Å². The van der Waals surface area contributed by atoms with E-state index in [1.165, 1.54) is 12.8 Å². The van der Waals surface area contributed by atoms with Gasteiger partial charge in [0.2, 0.25) is 0 Å². The molecule has 2 nitrogen and oxygen atoms in total. The summed E-state index contributed by atoms with van der Waals surface area (Å²) in [6.07, 6.45) is 3.19. The minimum atomic E-state index is -0.0716. The van der Waals surface area contributed by atoms with Crippen molar-refractivity contribution in [1.82, 2.24) is 10.2 Å². The Morgan fingerprint density at radius 3 is 2.76 bits per heavy atom. The summed E-state index contributed by atoms with van der Waals surface area (Å²) in [7, 11) is 0. The van der Waals surface area contributed by atoms with Crippen molar-refractivity contribution >= 4 is 0 Å². The van der Waals surface area contributed by atoms with Gasteiger partial charge in [-0.2, -0.15) is 0 Å². The van der Waals surface area contributed by atoms with Gasteiger partial charge in [0.1, 0.15) is 5.82 Å². The molecule has 0 bridgehead atoms. The van der Waals surface area contributed by atoms with Gasteiger partial charge in [-0.15, -0.1) is 0 Å². The van der Waals surface area contributed by atoms with Crippen molar-refractivity contribution in [3.63, 3.8) is 0 Å². The molecule has 2 rings (SSSR count). The normalized spacial score (nSPS) is 27.0. The first-order chi connectivity index (χ1) is 10.1. The Labute approximate surface area is 128 Å².